The molecule has 0 aromatic heterocycles. The Morgan fingerprint density at radius 3 is 1.97 bits per heavy atom. The van der Waals surface area contributed by atoms with Crippen LogP contribution in [0, 0.1) is 0 Å². The van der Waals surface area contributed by atoms with Crippen LogP contribution in [0.5, 0.6) is 0 Å². The van der Waals surface area contributed by atoms with Crippen molar-refractivity contribution in [2.24, 2.45) is 0 Å². The molecule has 180 valence electrons. The molecule has 8 heteroatoms. The lowest BCUT2D eigenvalue weighted by atomic mass is 10.1. The molecule has 2 aromatic carbocycles. The van der Waals surface area contributed by atoms with E-state index in [4.69, 9.17) is 15.2 Å². The van der Waals surface area contributed by atoms with Crippen molar-refractivity contribution in [3.8, 4) is 0 Å². The summed E-state index contributed by atoms with van der Waals surface area (Å²) in [5.41, 5.74) is 8.00. The predicted molar refractivity (Wildman–Crippen MR) is 133 cm³/mol. The van der Waals surface area contributed by atoms with E-state index in [1.807, 2.05) is 48.6 Å². The number of benzene rings is 2. The molecule has 1 atom stereocenters. The van der Waals surface area contributed by atoms with E-state index in [9.17, 15) is 14.4 Å². The number of ether oxygens (including phenoxy) is 2. The molecule has 0 heterocycles. The second-order valence-electron chi connectivity index (χ2n) is 8.44. The zero-order valence-corrected chi connectivity index (χ0v) is 19.8. The number of carbonyl (C=O) groups is 3. The van der Waals surface area contributed by atoms with Gasteiger partial charge in [0, 0.05) is 11.3 Å². The first-order valence-corrected chi connectivity index (χ1v) is 10.7. The average Bonchev–Trinajstić information content (AvgIpc) is 2.79. The van der Waals surface area contributed by atoms with Crippen molar-refractivity contribution in [2.75, 3.05) is 19.4 Å². The molecule has 0 aliphatic rings. The van der Waals surface area contributed by atoms with Gasteiger partial charge >= 0.3 is 12.1 Å². The van der Waals surface area contributed by atoms with Gasteiger partial charge in [-0.1, -0.05) is 48.6 Å². The van der Waals surface area contributed by atoms with Gasteiger partial charge < -0.3 is 25.8 Å². The Hall–Kier alpha value is -4.07. The number of nitrogens with one attached hydrogen (secondary N) is 2. The van der Waals surface area contributed by atoms with E-state index in [1.54, 1.807) is 45.0 Å². The number of anilines is 1. The monoisotopic (exact) mass is 465 g/mol. The van der Waals surface area contributed by atoms with E-state index in [1.165, 1.54) is 7.11 Å². The molecule has 34 heavy (non-hydrogen) atoms. The summed E-state index contributed by atoms with van der Waals surface area (Å²) in [5.74, 6) is -1.16. The first-order valence-electron chi connectivity index (χ1n) is 10.7. The molecule has 1 unspecified atom stereocenters. The molecular formula is C26H31N3O5. The summed E-state index contributed by atoms with van der Waals surface area (Å²) in [6.45, 7) is 5.00. The lowest BCUT2D eigenvalue weighted by Crippen LogP contribution is -2.49. The molecule has 0 radical (unpaired) electrons. The molecule has 0 aliphatic heterocycles. The molecule has 0 fully saturated rings. The third kappa shape index (κ3) is 9.20. The number of hydrogen-bond acceptors (Lipinski definition) is 6. The van der Waals surface area contributed by atoms with Crippen molar-refractivity contribution in [1.82, 2.24) is 10.6 Å². The summed E-state index contributed by atoms with van der Waals surface area (Å²) in [7, 11) is 1.21. The zero-order valence-electron chi connectivity index (χ0n) is 19.8. The normalized spacial score (nSPS) is 12.4. The van der Waals surface area contributed by atoms with Gasteiger partial charge in [0.25, 0.3) is 5.91 Å². The number of allylic oxidation sites excluding steroid dienone is 2. The van der Waals surface area contributed by atoms with Gasteiger partial charge in [0.05, 0.1) is 13.7 Å². The lowest BCUT2D eigenvalue weighted by molar-refractivity contribution is -0.142. The SMILES string of the molecule is COC(=O)C(CNC(=O)OC(C)(C)C)NC(=O)c1ccc(C=CC=Cc2ccc(N)cc2)cc1. The molecule has 0 bridgehead atoms. The topological polar surface area (TPSA) is 120 Å². The van der Waals surface area contributed by atoms with Crippen LogP contribution < -0.4 is 16.4 Å². The molecule has 0 spiro atoms. The van der Waals surface area contributed by atoms with Gasteiger partial charge in [-0.05, 0) is 56.2 Å². The standard InChI is InChI=1S/C26H31N3O5/c1-26(2,3)34-25(32)28-17-22(24(31)33-4)29-23(30)20-13-9-18(10-14-20)7-5-6-8-19-11-15-21(27)16-12-19/h5-16,22H,17,27H2,1-4H3,(H,28,32)(H,29,30). The van der Waals surface area contributed by atoms with Crippen LogP contribution >= 0.6 is 0 Å². The van der Waals surface area contributed by atoms with Crippen molar-refractivity contribution in [3.05, 3.63) is 77.4 Å². The van der Waals surface area contributed by atoms with Crippen LogP contribution in [0.2, 0.25) is 0 Å². The molecule has 0 saturated heterocycles. The van der Waals surface area contributed by atoms with Crippen LogP contribution in [-0.4, -0.2) is 43.3 Å². The maximum Gasteiger partial charge on any atom is 0.407 e. The predicted octanol–water partition coefficient (Wildman–Crippen LogP) is 3.79. The number of amides is 2. The molecule has 2 rings (SSSR count). The van der Waals surface area contributed by atoms with Gasteiger partial charge in [-0.3, -0.25) is 4.79 Å². The van der Waals surface area contributed by atoms with Crippen molar-refractivity contribution in [1.29, 1.82) is 0 Å². The van der Waals surface area contributed by atoms with Crippen molar-refractivity contribution < 1.29 is 23.9 Å². The number of alkyl carbamates (subject to hydrolysis) is 1. The van der Waals surface area contributed by atoms with Gasteiger partial charge in [-0.25, -0.2) is 9.59 Å². The van der Waals surface area contributed by atoms with Gasteiger partial charge in [-0.15, -0.1) is 0 Å². The molecule has 0 saturated carbocycles. The van der Waals surface area contributed by atoms with Crippen LogP contribution in [0.1, 0.15) is 42.3 Å². The second-order valence-corrected chi connectivity index (χ2v) is 8.44. The number of rotatable bonds is 8. The van der Waals surface area contributed by atoms with E-state index in [0.29, 0.717) is 11.3 Å². The first-order chi connectivity index (χ1) is 16.1. The number of nitrogens with two attached hydrogens (primary N) is 1. The molecule has 0 aliphatic carbocycles. The number of hydrogen-bond donors (Lipinski definition) is 3. The smallest absolute Gasteiger partial charge is 0.407 e. The Kier molecular flexibility index (Phi) is 9.43. The second kappa shape index (κ2) is 12.2. The van der Waals surface area contributed by atoms with E-state index >= 15 is 0 Å². The van der Waals surface area contributed by atoms with Crippen LogP contribution in [0.4, 0.5) is 10.5 Å². The summed E-state index contributed by atoms with van der Waals surface area (Å²) >= 11 is 0. The average molecular weight is 466 g/mol. The Labute approximate surface area is 199 Å². The van der Waals surface area contributed by atoms with Gasteiger partial charge in [0.2, 0.25) is 0 Å². The lowest BCUT2D eigenvalue weighted by Gasteiger charge is -2.21. The fraction of sp³-hybridized carbons (Fsp3) is 0.269. The largest absolute Gasteiger partial charge is 0.467 e. The van der Waals surface area contributed by atoms with Crippen LogP contribution in [-0.2, 0) is 14.3 Å². The molecule has 2 aromatic rings. The fourth-order valence-corrected chi connectivity index (χ4v) is 2.76. The highest BCUT2D eigenvalue weighted by Crippen LogP contribution is 2.10. The summed E-state index contributed by atoms with van der Waals surface area (Å²) in [5, 5.41) is 5.04. The molecule has 8 nitrogen and oxygen atoms in total. The fourth-order valence-electron chi connectivity index (χ4n) is 2.76. The van der Waals surface area contributed by atoms with Gasteiger partial charge in [0.1, 0.15) is 11.6 Å². The van der Waals surface area contributed by atoms with Crippen molar-refractivity contribution in [2.45, 2.75) is 32.4 Å². The Morgan fingerprint density at radius 1 is 0.941 bits per heavy atom. The highest BCUT2D eigenvalue weighted by Gasteiger charge is 2.24. The van der Waals surface area contributed by atoms with E-state index in [2.05, 4.69) is 10.6 Å². The third-order valence-electron chi connectivity index (χ3n) is 4.44. The number of methoxy groups -OCH3 is 1. The van der Waals surface area contributed by atoms with Crippen molar-refractivity contribution in [3.63, 3.8) is 0 Å². The van der Waals surface area contributed by atoms with E-state index in [-0.39, 0.29) is 6.54 Å². The van der Waals surface area contributed by atoms with Gasteiger partial charge in [-0.2, -0.15) is 0 Å². The summed E-state index contributed by atoms with van der Waals surface area (Å²) in [6, 6.07) is 13.3. The minimum absolute atomic E-state index is 0.172. The number of esters is 1. The molecule has 4 N–H and O–H groups in total. The number of carbonyl (C=O) groups excluding carboxylic acids is 3. The number of nitrogen functional groups attached to an aromatic ring is 1. The minimum atomic E-state index is -1.07. The summed E-state index contributed by atoms with van der Waals surface area (Å²) in [6.07, 6.45) is 6.96. The first kappa shape index (κ1) is 26.2. The molecule has 2 amide bonds. The Morgan fingerprint density at radius 2 is 1.47 bits per heavy atom. The summed E-state index contributed by atoms with van der Waals surface area (Å²) < 4.78 is 9.87. The maximum absolute atomic E-state index is 12.6. The quantitative estimate of drug-likeness (QED) is 0.310. The molecular weight excluding hydrogens is 434 g/mol. The van der Waals surface area contributed by atoms with Crippen LogP contribution in [0.15, 0.2) is 60.7 Å². The minimum Gasteiger partial charge on any atom is -0.467 e. The third-order valence-corrected chi connectivity index (χ3v) is 4.44. The van der Waals surface area contributed by atoms with Crippen LogP contribution in [0.25, 0.3) is 12.2 Å². The Balaban J connectivity index is 1.94. The van der Waals surface area contributed by atoms with Crippen LogP contribution in [0.3, 0.4) is 0 Å². The van der Waals surface area contributed by atoms with E-state index < -0.39 is 29.6 Å². The zero-order chi connectivity index (χ0) is 25.1. The maximum atomic E-state index is 12.6. The van der Waals surface area contributed by atoms with Gasteiger partial charge in [0.15, 0.2) is 0 Å². The highest BCUT2D eigenvalue weighted by atomic mass is 16.6. The summed E-state index contributed by atoms with van der Waals surface area (Å²) in [4.78, 5) is 36.5. The van der Waals surface area contributed by atoms with E-state index in [0.717, 1.165) is 11.1 Å². The Bertz CT molecular complexity index is 1040. The van der Waals surface area contributed by atoms with Crippen molar-refractivity contribution >= 4 is 35.8 Å². The highest BCUT2D eigenvalue weighted by molar-refractivity contribution is 5.97.